The summed E-state index contributed by atoms with van der Waals surface area (Å²) in [5.74, 6) is -0.583. The molecule has 26 heavy (non-hydrogen) atoms. The van der Waals surface area contributed by atoms with E-state index in [2.05, 4.69) is 5.32 Å². The highest BCUT2D eigenvalue weighted by molar-refractivity contribution is 6.14. The minimum Gasteiger partial charge on any atom is -0.496 e. The summed E-state index contributed by atoms with van der Waals surface area (Å²) in [7, 11) is 1.51. The van der Waals surface area contributed by atoms with E-state index in [1.807, 2.05) is 0 Å². The number of fused-ring (bicyclic) bond motifs is 3. The number of furan rings is 1. The van der Waals surface area contributed by atoms with Gasteiger partial charge in [-0.05, 0) is 45.0 Å². The van der Waals surface area contributed by atoms with Crippen molar-refractivity contribution in [2.24, 2.45) is 0 Å². The Balaban J connectivity index is 2.08. The zero-order valence-corrected chi connectivity index (χ0v) is 14.9. The fourth-order valence-corrected chi connectivity index (χ4v) is 2.69. The summed E-state index contributed by atoms with van der Waals surface area (Å²) in [6.45, 7) is 5.32. The van der Waals surface area contributed by atoms with Gasteiger partial charge in [0.1, 0.15) is 22.5 Å². The quantitative estimate of drug-likeness (QED) is 0.708. The molecule has 1 aromatic heterocycles. The number of nitrogens with one attached hydrogen (secondary N) is 1. The van der Waals surface area contributed by atoms with Gasteiger partial charge in [-0.3, -0.25) is 5.32 Å². The van der Waals surface area contributed by atoms with Gasteiger partial charge in [-0.25, -0.2) is 9.59 Å². The van der Waals surface area contributed by atoms with E-state index in [0.29, 0.717) is 27.8 Å². The summed E-state index contributed by atoms with van der Waals surface area (Å²) < 4.78 is 16.3. The number of carboxylic acid groups (broad SMARTS) is 1. The van der Waals surface area contributed by atoms with Gasteiger partial charge in [-0.1, -0.05) is 0 Å². The average Bonchev–Trinajstić information content (AvgIpc) is 2.90. The Hall–Kier alpha value is -3.22. The lowest BCUT2D eigenvalue weighted by atomic mass is 10.1. The number of amides is 1. The molecule has 7 heteroatoms. The van der Waals surface area contributed by atoms with Crippen molar-refractivity contribution in [2.75, 3.05) is 12.4 Å². The number of methoxy groups -OCH3 is 1. The number of rotatable bonds is 3. The number of carbonyl (C=O) groups is 2. The van der Waals surface area contributed by atoms with Gasteiger partial charge < -0.3 is 19.0 Å². The molecule has 1 heterocycles. The molecule has 0 aliphatic carbocycles. The average molecular weight is 357 g/mol. The summed E-state index contributed by atoms with van der Waals surface area (Å²) in [6, 6.07) is 8.07. The molecule has 3 aromatic rings. The molecule has 1 amide bonds. The maximum Gasteiger partial charge on any atom is 0.412 e. The van der Waals surface area contributed by atoms with Crippen LogP contribution in [0.4, 0.5) is 10.5 Å². The highest BCUT2D eigenvalue weighted by Crippen LogP contribution is 2.38. The second-order valence-electron chi connectivity index (χ2n) is 6.76. The Morgan fingerprint density at radius 2 is 1.88 bits per heavy atom. The van der Waals surface area contributed by atoms with E-state index in [0.717, 1.165) is 0 Å². The first-order valence-electron chi connectivity index (χ1n) is 7.96. The first-order chi connectivity index (χ1) is 12.2. The Kier molecular flexibility index (Phi) is 4.23. The van der Waals surface area contributed by atoms with Crippen LogP contribution in [0, 0.1) is 0 Å². The number of benzene rings is 2. The van der Waals surface area contributed by atoms with Crippen LogP contribution in [-0.2, 0) is 4.74 Å². The van der Waals surface area contributed by atoms with E-state index in [1.54, 1.807) is 45.0 Å². The van der Waals surface area contributed by atoms with E-state index in [-0.39, 0.29) is 11.1 Å². The van der Waals surface area contributed by atoms with Crippen LogP contribution < -0.4 is 10.1 Å². The lowest BCUT2D eigenvalue weighted by molar-refractivity contribution is 0.0634. The maximum atomic E-state index is 11.9. The molecule has 7 nitrogen and oxygen atoms in total. The molecular weight excluding hydrogens is 338 g/mol. The molecule has 0 fully saturated rings. The molecule has 0 atom stereocenters. The third-order valence-corrected chi connectivity index (χ3v) is 3.68. The molecule has 0 radical (unpaired) electrons. The van der Waals surface area contributed by atoms with Crippen LogP contribution in [-0.4, -0.2) is 29.9 Å². The van der Waals surface area contributed by atoms with Crippen LogP contribution in [0.25, 0.3) is 21.9 Å². The molecule has 0 spiro atoms. The summed E-state index contributed by atoms with van der Waals surface area (Å²) in [5, 5.41) is 13.3. The number of ether oxygens (including phenoxy) is 2. The highest BCUT2D eigenvalue weighted by atomic mass is 16.6. The number of anilines is 1. The topological polar surface area (TPSA) is 98.0 Å². The summed E-state index contributed by atoms with van der Waals surface area (Å²) in [6.07, 6.45) is -0.586. The minimum atomic E-state index is -1.09. The van der Waals surface area contributed by atoms with Crippen molar-refractivity contribution in [3.05, 3.63) is 35.9 Å². The van der Waals surface area contributed by atoms with Gasteiger partial charge in [-0.2, -0.15) is 0 Å². The summed E-state index contributed by atoms with van der Waals surface area (Å²) in [4.78, 5) is 23.4. The van der Waals surface area contributed by atoms with Crippen molar-refractivity contribution in [3.63, 3.8) is 0 Å². The zero-order valence-electron chi connectivity index (χ0n) is 14.9. The van der Waals surface area contributed by atoms with Crippen molar-refractivity contribution in [2.45, 2.75) is 26.4 Å². The van der Waals surface area contributed by atoms with Crippen molar-refractivity contribution in [3.8, 4) is 5.75 Å². The molecule has 0 saturated heterocycles. The van der Waals surface area contributed by atoms with Gasteiger partial charge in [0.25, 0.3) is 0 Å². The van der Waals surface area contributed by atoms with E-state index in [4.69, 9.17) is 13.9 Å². The van der Waals surface area contributed by atoms with Gasteiger partial charge in [0, 0.05) is 17.1 Å². The van der Waals surface area contributed by atoms with Crippen LogP contribution in [0.5, 0.6) is 5.75 Å². The first kappa shape index (κ1) is 17.6. The van der Waals surface area contributed by atoms with Crippen LogP contribution >= 0.6 is 0 Å². The smallest absolute Gasteiger partial charge is 0.412 e. The third kappa shape index (κ3) is 3.28. The number of hydrogen-bond donors (Lipinski definition) is 2. The van der Waals surface area contributed by atoms with Crippen molar-refractivity contribution in [1.82, 2.24) is 0 Å². The van der Waals surface area contributed by atoms with Gasteiger partial charge >= 0.3 is 12.1 Å². The predicted octanol–water partition coefficient (Wildman–Crippen LogP) is 4.64. The number of carboxylic acids is 1. The number of carbonyl (C=O) groups excluding carboxylic acids is 1. The van der Waals surface area contributed by atoms with Crippen LogP contribution in [0.1, 0.15) is 31.1 Å². The molecule has 0 saturated carbocycles. The lowest BCUT2D eigenvalue weighted by Gasteiger charge is -2.19. The van der Waals surface area contributed by atoms with Crippen molar-refractivity contribution in [1.29, 1.82) is 0 Å². The molecule has 2 aromatic carbocycles. The van der Waals surface area contributed by atoms with Gasteiger partial charge in [0.15, 0.2) is 5.58 Å². The summed E-state index contributed by atoms with van der Waals surface area (Å²) in [5.41, 5.74) is 0.555. The minimum absolute atomic E-state index is 0.0404. The van der Waals surface area contributed by atoms with Crippen LogP contribution in [0.3, 0.4) is 0 Å². The largest absolute Gasteiger partial charge is 0.496 e. The Bertz CT molecular complexity index is 1010. The molecular formula is C19H19NO6. The number of aromatic carboxylic acids is 1. The van der Waals surface area contributed by atoms with Gasteiger partial charge in [0.05, 0.1) is 12.5 Å². The third-order valence-electron chi connectivity index (χ3n) is 3.68. The maximum absolute atomic E-state index is 11.9. The molecule has 136 valence electrons. The second-order valence-corrected chi connectivity index (χ2v) is 6.76. The van der Waals surface area contributed by atoms with Gasteiger partial charge in [-0.15, -0.1) is 0 Å². The second kappa shape index (κ2) is 6.25. The van der Waals surface area contributed by atoms with Crippen LogP contribution in [0.15, 0.2) is 34.7 Å². The monoisotopic (exact) mass is 357 g/mol. The SMILES string of the molecule is COc1ccc(C(=O)O)c2oc3cc(NC(=O)OC(C)(C)C)ccc3c12. The molecule has 0 aliphatic heterocycles. The standard InChI is InChI=1S/C19H19NO6/c1-19(2,3)26-18(23)20-10-5-6-11-14(9-10)25-16-12(17(21)22)7-8-13(24-4)15(11)16/h5-9H,1-4H3,(H,20,23)(H,21,22). The summed E-state index contributed by atoms with van der Waals surface area (Å²) >= 11 is 0. The molecule has 0 aliphatic rings. The first-order valence-corrected chi connectivity index (χ1v) is 7.96. The fraction of sp³-hybridized carbons (Fsp3) is 0.263. The zero-order chi connectivity index (χ0) is 19.1. The van der Waals surface area contributed by atoms with E-state index >= 15 is 0 Å². The molecule has 3 rings (SSSR count). The molecule has 2 N–H and O–H groups in total. The lowest BCUT2D eigenvalue weighted by Crippen LogP contribution is -2.27. The van der Waals surface area contributed by atoms with E-state index in [9.17, 15) is 14.7 Å². The fourth-order valence-electron chi connectivity index (χ4n) is 2.69. The van der Waals surface area contributed by atoms with Crippen molar-refractivity contribution < 1.29 is 28.6 Å². The number of hydrogen-bond acceptors (Lipinski definition) is 5. The molecule has 0 unspecified atom stereocenters. The van der Waals surface area contributed by atoms with Crippen LogP contribution in [0.2, 0.25) is 0 Å². The highest BCUT2D eigenvalue weighted by Gasteiger charge is 2.20. The predicted molar refractivity (Wildman–Crippen MR) is 97.1 cm³/mol. The normalized spacial score (nSPS) is 11.5. The van der Waals surface area contributed by atoms with Gasteiger partial charge in [0.2, 0.25) is 0 Å². The Morgan fingerprint density at radius 1 is 1.15 bits per heavy atom. The molecule has 0 bridgehead atoms. The van der Waals surface area contributed by atoms with E-state index in [1.165, 1.54) is 13.2 Å². The Morgan fingerprint density at radius 3 is 2.50 bits per heavy atom. The van der Waals surface area contributed by atoms with Crippen molar-refractivity contribution >= 4 is 39.7 Å². The Labute approximate surface area is 149 Å². The van der Waals surface area contributed by atoms with E-state index < -0.39 is 17.7 Å².